The lowest BCUT2D eigenvalue weighted by Crippen LogP contribution is -2.63. The lowest BCUT2D eigenvalue weighted by atomic mass is 9.46. The summed E-state index contributed by atoms with van der Waals surface area (Å²) < 4.78 is 27.7. The van der Waals surface area contributed by atoms with E-state index in [0.29, 0.717) is 31.0 Å². The molecule has 0 spiro atoms. The summed E-state index contributed by atoms with van der Waals surface area (Å²) in [6.45, 7) is 7.78. The molecule has 1 unspecified atom stereocenters. The summed E-state index contributed by atoms with van der Waals surface area (Å²) in [5, 5.41) is 53.0. The number of benzene rings is 1. The highest BCUT2D eigenvalue weighted by Gasteiger charge is 2.77. The Labute approximate surface area is 396 Å². The number of amides is 1. The van der Waals surface area contributed by atoms with Crippen molar-refractivity contribution in [2.75, 3.05) is 14.1 Å². The van der Waals surface area contributed by atoms with Gasteiger partial charge in [-0.3, -0.25) is 19.2 Å². The highest BCUT2D eigenvalue weighted by molar-refractivity contribution is 8.26. The minimum atomic E-state index is -2.25. The van der Waals surface area contributed by atoms with Gasteiger partial charge in [-0.1, -0.05) is 84.0 Å². The molecule has 1 saturated heterocycles. The van der Waals surface area contributed by atoms with Gasteiger partial charge in [0.05, 0.1) is 24.4 Å². The molecule has 1 aromatic rings. The number of thioether (sulfide) groups is 1. The van der Waals surface area contributed by atoms with Crippen LogP contribution in [0.2, 0.25) is 0 Å². The second-order valence-corrected chi connectivity index (χ2v) is 22.3. The predicted octanol–water partition coefficient (Wildman–Crippen LogP) is 7.13. The number of aliphatic hydroxyl groups excluding tert-OH is 3. The molecule has 0 radical (unpaired) electrons. The van der Waals surface area contributed by atoms with Crippen LogP contribution in [0.15, 0.2) is 71.9 Å². The number of carboxylic acids is 1. The van der Waals surface area contributed by atoms with Crippen LogP contribution in [0.5, 0.6) is 0 Å². The summed E-state index contributed by atoms with van der Waals surface area (Å²) in [6.07, 6.45) is 9.57. The fourth-order valence-corrected chi connectivity index (χ4v) is 16.1. The number of hydrogen-bond donors (Lipinski definition) is 5. The first-order valence-electron chi connectivity index (χ1n) is 22.9. The van der Waals surface area contributed by atoms with Crippen molar-refractivity contribution in [3.8, 4) is 0 Å². The van der Waals surface area contributed by atoms with Crippen molar-refractivity contribution in [1.29, 1.82) is 0 Å². The number of ether oxygens (including phenoxy) is 2. The third-order valence-corrected chi connectivity index (χ3v) is 19.3. The first-order chi connectivity index (χ1) is 30.5. The SMILES string of the molecule is C.C.CN(C)C(=O)SC(=O)[C@@]12OC(c3ccccc3F)O[C@@H]1C[C@H]1[C@@H]3CCC4=CC(=O)C=C[C@]4(C)[C@H]3[C@@H](O)C[C@@]12C.C[C@]12C=CC(=O)C=C1CC[C@@H]1[C@@H]2[C@@H](O)C[C@@]2(C)[C@H]1C[C@@H](O)[C@]2(O)C(=O)O. The Morgan fingerprint density at radius 2 is 1.30 bits per heavy atom. The van der Waals surface area contributed by atoms with Crippen LogP contribution >= 0.6 is 11.8 Å². The smallest absolute Gasteiger partial charge is 0.339 e. The number of rotatable bonds is 3. The molecule has 6 saturated carbocycles. The van der Waals surface area contributed by atoms with Crippen molar-refractivity contribution in [3.05, 3.63) is 83.2 Å². The normalized spacial score (nSPS) is 45.0. The summed E-state index contributed by atoms with van der Waals surface area (Å²) in [5.74, 6) is -2.50. The van der Waals surface area contributed by atoms with E-state index in [0.717, 1.165) is 24.0 Å². The molecule has 17 atom stereocenters. The molecule has 1 heterocycles. The number of halogens is 1. The van der Waals surface area contributed by atoms with E-state index < -0.39 is 85.7 Å². The first kappa shape index (κ1) is 51.0. The van der Waals surface area contributed by atoms with Crippen molar-refractivity contribution in [2.45, 2.75) is 136 Å². The van der Waals surface area contributed by atoms with E-state index in [1.54, 1.807) is 63.5 Å². The zero-order valence-electron chi connectivity index (χ0n) is 37.6. The van der Waals surface area contributed by atoms with Crippen LogP contribution in [0.25, 0.3) is 0 Å². The number of aliphatic carboxylic acids is 1. The molecule has 0 bridgehead atoms. The molecule has 9 aliphatic rings. The molecule has 10 rings (SSSR count). The van der Waals surface area contributed by atoms with Gasteiger partial charge < -0.3 is 39.9 Å². The molecular formula is C52H68FNO12S. The number of carboxylic acid groups (broad SMARTS) is 1. The number of carbonyl (C=O) groups is 5. The Morgan fingerprint density at radius 3 is 1.81 bits per heavy atom. The number of carbonyl (C=O) groups excluding carboxylic acids is 4. The van der Waals surface area contributed by atoms with Crippen LogP contribution < -0.4 is 0 Å². The van der Waals surface area contributed by atoms with Crippen molar-refractivity contribution in [3.63, 3.8) is 0 Å². The molecule has 1 amide bonds. The first-order valence-corrected chi connectivity index (χ1v) is 23.7. The van der Waals surface area contributed by atoms with Crippen LogP contribution in [0.4, 0.5) is 9.18 Å². The second-order valence-electron chi connectivity index (χ2n) is 21.4. The highest BCUT2D eigenvalue weighted by Crippen LogP contribution is 2.72. The van der Waals surface area contributed by atoms with Crippen molar-refractivity contribution < 1.29 is 63.4 Å². The Morgan fingerprint density at radius 1 is 0.791 bits per heavy atom. The minimum Gasteiger partial charge on any atom is -0.479 e. The number of fused-ring (bicyclic) bond motifs is 12. The van der Waals surface area contributed by atoms with Gasteiger partial charge in [-0.25, -0.2) is 9.18 Å². The van der Waals surface area contributed by atoms with Gasteiger partial charge in [-0.05, 0) is 105 Å². The monoisotopic (exact) mass is 949 g/mol. The zero-order valence-corrected chi connectivity index (χ0v) is 38.4. The van der Waals surface area contributed by atoms with Gasteiger partial charge in [0.1, 0.15) is 5.82 Å². The quantitative estimate of drug-likeness (QED) is 0.205. The van der Waals surface area contributed by atoms with E-state index in [1.807, 2.05) is 26.0 Å². The summed E-state index contributed by atoms with van der Waals surface area (Å²) in [6, 6.07) is 6.17. The van der Waals surface area contributed by atoms with Gasteiger partial charge >= 0.3 is 5.97 Å². The van der Waals surface area contributed by atoms with E-state index in [-0.39, 0.29) is 86.8 Å². The number of hydrogen-bond acceptors (Lipinski definition) is 12. The maximum atomic E-state index is 14.8. The van der Waals surface area contributed by atoms with Crippen molar-refractivity contribution in [2.24, 2.45) is 57.2 Å². The number of nitrogens with zero attached hydrogens (tertiary/aromatic N) is 1. The van der Waals surface area contributed by atoms with E-state index in [2.05, 4.69) is 6.92 Å². The zero-order chi connectivity index (χ0) is 47.0. The molecule has 1 aromatic carbocycles. The fourth-order valence-electron chi connectivity index (χ4n) is 15.2. The van der Waals surface area contributed by atoms with Crippen LogP contribution in [-0.2, 0) is 28.7 Å². The Bertz CT molecular complexity index is 2370. The lowest BCUT2D eigenvalue weighted by Gasteiger charge is -2.59. The minimum absolute atomic E-state index is 0. The summed E-state index contributed by atoms with van der Waals surface area (Å²) in [7, 11) is 3.16. The highest BCUT2D eigenvalue weighted by atomic mass is 32.2. The van der Waals surface area contributed by atoms with Gasteiger partial charge in [-0.2, -0.15) is 0 Å². The van der Waals surface area contributed by atoms with Crippen molar-refractivity contribution in [1.82, 2.24) is 4.90 Å². The molecule has 8 aliphatic carbocycles. The molecular weight excluding hydrogens is 882 g/mol. The predicted molar refractivity (Wildman–Crippen MR) is 248 cm³/mol. The topological polar surface area (TPSA) is 208 Å². The van der Waals surface area contributed by atoms with Gasteiger partial charge in [0.25, 0.3) is 5.24 Å². The van der Waals surface area contributed by atoms with Crippen LogP contribution in [0, 0.1) is 63.0 Å². The van der Waals surface area contributed by atoms with Crippen molar-refractivity contribution >= 4 is 39.7 Å². The van der Waals surface area contributed by atoms with E-state index in [9.17, 15) is 53.9 Å². The largest absolute Gasteiger partial charge is 0.479 e. The third kappa shape index (κ3) is 7.09. The Hall–Kier alpha value is -3.83. The van der Waals surface area contributed by atoms with Gasteiger partial charge in [0.15, 0.2) is 29.1 Å². The second kappa shape index (κ2) is 17.2. The molecule has 5 N–H and O–H groups in total. The van der Waals surface area contributed by atoms with Gasteiger partial charge in [0.2, 0.25) is 5.12 Å². The molecule has 366 valence electrons. The summed E-state index contributed by atoms with van der Waals surface area (Å²) in [5.41, 5.74) is -4.39. The Balaban J connectivity index is 0.000000208. The third-order valence-electron chi connectivity index (χ3n) is 18.3. The number of ketones is 2. The fraction of sp³-hybridized carbons (Fsp3) is 0.635. The van der Waals surface area contributed by atoms with Crippen LogP contribution in [0.1, 0.15) is 106 Å². The van der Waals surface area contributed by atoms with Crippen LogP contribution in [-0.4, -0.2) is 108 Å². The van der Waals surface area contributed by atoms with Crippen LogP contribution in [0.3, 0.4) is 0 Å². The summed E-state index contributed by atoms with van der Waals surface area (Å²) in [4.78, 5) is 64.0. The molecule has 67 heavy (non-hydrogen) atoms. The van der Waals surface area contributed by atoms with Gasteiger partial charge in [-0.15, -0.1) is 0 Å². The molecule has 1 aliphatic heterocycles. The number of aliphatic hydroxyl groups is 4. The Kier molecular flexibility index (Phi) is 13.1. The summed E-state index contributed by atoms with van der Waals surface area (Å²) >= 11 is 0.586. The maximum absolute atomic E-state index is 14.8. The van der Waals surface area contributed by atoms with Gasteiger partial charge in [0, 0.05) is 64.9 Å². The average Bonchev–Trinajstić information content (AvgIpc) is 3.81. The lowest BCUT2D eigenvalue weighted by molar-refractivity contribution is -0.203. The maximum Gasteiger partial charge on any atom is 0.339 e. The standard InChI is InChI=1S/C30H34FNO6S.C20H26O6.2CH4/c1-28-12-11-17(33)13-16(28)9-10-18-20-14-23-30(26(35)39-27(36)32(3)4,29(20,2)15-22(34)24(18)28)38-25(37-23)19-7-5-6-8-21(19)31;1-18-6-5-11(21)7-10(18)3-4-12-13-8-15(23)20(26,17(24)25)19(13,2)9-14(22)16(12)18;;/h5-8,11-13,18,20,22-25,34H,9-10,14-15H2,1-4H3;5-7,12-16,22-23,26H,3-4,8-9H2,1-2H3,(H,24,25);2*1H4/t18-,20-,22-,23+,24+,25?,28-,29-,30-;12-,13-,14-,15+,16+,18-,19-,20-;;/m00../s1. The van der Waals surface area contributed by atoms with E-state index in [1.165, 1.54) is 11.0 Å². The molecule has 13 nitrogen and oxygen atoms in total. The van der Waals surface area contributed by atoms with E-state index >= 15 is 0 Å². The molecule has 7 fully saturated rings. The average molecular weight is 950 g/mol. The molecule has 15 heteroatoms. The number of allylic oxidation sites excluding steroid dienone is 8. The van der Waals surface area contributed by atoms with E-state index in [4.69, 9.17) is 9.47 Å². The molecule has 0 aromatic heterocycles.